The van der Waals surface area contributed by atoms with Crippen molar-refractivity contribution in [3.63, 3.8) is 0 Å². The molecule has 18 heavy (non-hydrogen) atoms. The fourth-order valence-corrected chi connectivity index (χ4v) is 1.98. The number of benzene rings is 2. The van der Waals surface area contributed by atoms with Gasteiger partial charge in [0.25, 0.3) is 0 Å². The summed E-state index contributed by atoms with van der Waals surface area (Å²) < 4.78 is 0. The summed E-state index contributed by atoms with van der Waals surface area (Å²) in [6, 6.07) is 21.5. The maximum Gasteiger partial charge on any atom is -0.0187 e. The molecule has 0 radical (unpaired) electrons. The van der Waals surface area contributed by atoms with Crippen LogP contribution in [0.2, 0.25) is 0 Å². The number of hydrogen-bond acceptors (Lipinski definition) is 0. The van der Waals surface area contributed by atoms with Crippen molar-refractivity contribution >= 4 is 0 Å². The smallest absolute Gasteiger partial charge is 0.0187 e. The van der Waals surface area contributed by atoms with Crippen molar-refractivity contribution in [3.05, 3.63) is 71.8 Å². The van der Waals surface area contributed by atoms with Gasteiger partial charge in [0.15, 0.2) is 0 Å². The summed E-state index contributed by atoms with van der Waals surface area (Å²) in [7, 11) is 0. The van der Waals surface area contributed by atoms with Crippen LogP contribution in [0.4, 0.5) is 0 Å². The molecular formula is C18H24. The van der Waals surface area contributed by atoms with Crippen LogP contribution in [0.1, 0.15) is 44.2 Å². The highest BCUT2D eigenvalue weighted by Crippen LogP contribution is 2.20. The SMILES string of the molecule is CC.CC(CCc1ccccc1)c1ccccc1. The largest absolute Gasteiger partial charge is 0.0683 e. The van der Waals surface area contributed by atoms with Crippen molar-refractivity contribution in [2.45, 2.75) is 39.5 Å². The molecule has 2 rings (SSSR count). The summed E-state index contributed by atoms with van der Waals surface area (Å²) in [5, 5.41) is 0. The van der Waals surface area contributed by atoms with E-state index in [2.05, 4.69) is 67.6 Å². The summed E-state index contributed by atoms with van der Waals surface area (Å²) in [6.45, 7) is 6.30. The van der Waals surface area contributed by atoms with Gasteiger partial charge in [0, 0.05) is 0 Å². The third-order valence-corrected chi connectivity index (χ3v) is 3.08. The lowest BCUT2D eigenvalue weighted by Gasteiger charge is -2.11. The van der Waals surface area contributed by atoms with Crippen LogP contribution in [0.15, 0.2) is 60.7 Å². The first kappa shape index (κ1) is 14.5. The molecule has 0 nitrogen and oxygen atoms in total. The Hall–Kier alpha value is -1.56. The first-order valence-corrected chi connectivity index (χ1v) is 6.95. The quantitative estimate of drug-likeness (QED) is 0.666. The highest BCUT2D eigenvalue weighted by molar-refractivity contribution is 5.20. The van der Waals surface area contributed by atoms with Crippen molar-refractivity contribution < 1.29 is 0 Å². The van der Waals surface area contributed by atoms with E-state index in [1.165, 1.54) is 17.5 Å². The third-order valence-electron chi connectivity index (χ3n) is 3.08. The molecule has 0 heteroatoms. The average Bonchev–Trinajstić information content (AvgIpc) is 2.49. The van der Waals surface area contributed by atoms with Crippen molar-refractivity contribution in [1.29, 1.82) is 0 Å². The van der Waals surface area contributed by atoms with Crippen molar-refractivity contribution in [3.8, 4) is 0 Å². The summed E-state index contributed by atoms with van der Waals surface area (Å²) in [6.07, 6.45) is 2.38. The van der Waals surface area contributed by atoms with E-state index in [-0.39, 0.29) is 0 Å². The van der Waals surface area contributed by atoms with E-state index in [1.54, 1.807) is 0 Å². The minimum atomic E-state index is 0.640. The molecule has 0 spiro atoms. The van der Waals surface area contributed by atoms with E-state index in [0.29, 0.717) is 5.92 Å². The van der Waals surface area contributed by atoms with E-state index in [0.717, 1.165) is 6.42 Å². The molecule has 0 N–H and O–H groups in total. The second-order valence-corrected chi connectivity index (χ2v) is 4.34. The number of hydrogen-bond donors (Lipinski definition) is 0. The number of rotatable bonds is 4. The van der Waals surface area contributed by atoms with Gasteiger partial charge in [-0.3, -0.25) is 0 Å². The molecule has 1 unspecified atom stereocenters. The predicted molar refractivity (Wildman–Crippen MR) is 81.0 cm³/mol. The topological polar surface area (TPSA) is 0 Å². The van der Waals surface area contributed by atoms with Crippen LogP contribution in [0, 0.1) is 0 Å². The molecule has 0 heterocycles. The Labute approximate surface area is 112 Å². The molecular weight excluding hydrogens is 216 g/mol. The van der Waals surface area contributed by atoms with Crippen LogP contribution in [0.3, 0.4) is 0 Å². The Morgan fingerprint density at radius 2 is 1.28 bits per heavy atom. The van der Waals surface area contributed by atoms with Gasteiger partial charge in [-0.25, -0.2) is 0 Å². The van der Waals surface area contributed by atoms with Crippen molar-refractivity contribution in [1.82, 2.24) is 0 Å². The first-order valence-electron chi connectivity index (χ1n) is 6.95. The Morgan fingerprint density at radius 1 is 0.778 bits per heavy atom. The van der Waals surface area contributed by atoms with Crippen LogP contribution < -0.4 is 0 Å². The molecule has 0 fully saturated rings. The van der Waals surface area contributed by atoms with Crippen LogP contribution in [0.25, 0.3) is 0 Å². The zero-order valence-corrected chi connectivity index (χ0v) is 11.8. The van der Waals surface area contributed by atoms with E-state index in [4.69, 9.17) is 0 Å². The maximum atomic E-state index is 2.30. The molecule has 0 saturated carbocycles. The van der Waals surface area contributed by atoms with Gasteiger partial charge in [0.1, 0.15) is 0 Å². The summed E-state index contributed by atoms with van der Waals surface area (Å²) >= 11 is 0. The van der Waals surface area contributed by atoms with Gasteiger partial charge in [-0.1, -0.05) is 81.4 Å². The van der Waals surface area contributed by atoms with Gasteiger partial charge in [-0.05, 0) is 29.9 Å². The van der Waals surface area contributed by atoms with E-state index in [9.17, 15) is 0 Å². The van der Waals surface area contributed by atoms with Crippen LogP contribution in [-0.4, -0.2) is 0 Å². The third kappa shape index (κ3) is 4.75. The molecule has 0 saturated heterocycles. The molecule has 0 aliphatic heterocycles. The molecule has 0 aliphatic carbocycles. The van der Waals surface area contributed by atoms with Gasteiger partial charge >= 0.3 is 0 Å². The summed E-state index contributed by atoms with van der Waals surface area (Å²) in [5.74, 6) is 0.640. The van der Waals surface area contributed by atoms with Gasteiger partial charge in [-0.15, -0.1) is 0 Å². The molecule has 0 bridgehead atoms. The Bertz CT molecular complexity index is 403. The van der Waals surface area contributed by atoms with E-state index >= 15 is 0 Å². The second kappa shape index (κ2) is 8.52. The number of aryl methyl sites for hydroxylation is 1. The molecule has 0 amide bonds. The lowest BCUT2D eigenvalue weighted by Crippen LogP contribution is -1.95. The van der Waals surface area contributed by atoms with Crippen LogP contribution in [0.5, 0.6) is 0 Å². The molecule has 2 aromatic carbocycles. The molecule has 2 aromatic rings. The van der Waals surface area contributed by atoms with Crippen molar-refractivity contribution in [2.24, 2.45) is 0 Å². The summed E-state index contributed by atoms with van der Waals surface area (Å²) in [5.41, 5.74) is 2.88. The minimum Gasteiger partial charge on any atom is -0.0683 e. The van der Waals surface area contributed by atoms with Crippen molar-refractivity contribution in [2.75, 3.05) is 0 Å². The molecule has 1 atom stereocenters. The second-order valence-electron chi connectivity index (χ2n) is 4.34. The van der Waals surface area contributed by atoms with E-state index < -0.39 is 0 Å². The Morgan fingerprint density at radius 3 is 1.83 bits per heavy atom. The Balaban J connectivity index is 0.000000771. The predicted octanol–water partition coefficient (Wildman–Crippen LogP) is 5.45. The van der Waals surface area contributed by atoms with E-state index in [1.807, 2.05) is 13.8 Å². The maximum absolute atomic E-state index is 2.30. The van der Waals surface area contributed by atoms with Gasteiger partial charge in [-0.2, -0.15) is 0 Å². The average molecular weight is 240 g/mol. The highest BCUT2D eigenvalue weighted by atomic mass is 14.1. The zero-order valence-electron chi connectivity index (χ0n) is 11.8. The first-order chi connectivity index (χ1) is 8.86. The standard InChI is InChI=1S/C16H18.C2H6/c1-14(16-10-6-3-7-11-16)12-13-15-8-4-2-5-9-15;1-2/h2-11,14H,12-13H2,1H3;1-2H3. The van der Waals surface area contributed by atoms with Gasteiger partial charge in [0.05, 0.1) is 0 Å². The molecule has 0 aromatic heterocycles. The minimum absolute atomic E-state index is 0.640. The molecule has 96 valence electrons. The molecule has 0 aliphatic rings. The highest BCUT2D eigenvalue weighted by Gasteiger charge is 2.04. The summed E-state index contributed by atoms with van der Waals surface area (Å²) in [4.78, 5) is 0. The monoisotopic (exact) mass is 240 g/mol. The van der Waals surface area contributed by atoms with Gasteiger partial charge < -0.3 is 0 Å². The lowest BCUT2D eigenvalue weighted by molar-refractivity contribution is 0.679. The fourth-order valence-electron chi connectivity index (χ4n) is 1.98. The van der Waals surface area contributed by atoms with Crippen LogP contribution >= 0.6 is 0 Å². The zero-order chi connectivity index (χ0) is 13.2. The van der Waals surface area contributed by atoms with Crippen LogP contribution in [-0.2, 0) is 6.42 Å². The fraction of sp³-hybridized carbons (Fsp3) is 0.333. The lowest BCUT2D eigenvalue weighted by atomic mass is 9.94. The Kier molecular flexibility index (Phi) is 6.86. The normalized spacial score (nSPS) is 11.3. The van der Waals surface area contributed by atoms with Gasteiger partial charge in [0.2, 0.25) is 0 Å².